The quantitative estimate of drug-likeness (QED) is 0.378. The number of rotatable bonds is 5. The van der Waals surface area contributed by atoms with E-state index in [1.807, 2.05) is 20.8 Å². The van der Waals surface area contributed by atoms with Gasteiger partial charge in [0.1, 0.15) is 46.5 Å². The molecule has 0 radical (unpaired) electrons. The smallest absolute Gasteiger partial charge is 0.410 e. The van der Waals surface area contributed by atoms with Crippen molar-refractivity contribution in [2.75, 3.05) is 25.9 Å². The molecule has 1 aliphatic rings. The van der Waals surface area contributed by atoms with Crippen LogP contribution in [-0.4, -0.2) is 67.4 Å². The molecule has 1 fully saturated rings. The molecule has 0 aliphatic carbocycles. The van der Waals surface area contributed by atoms with Gasteiger partial charge in [0.2, 0.25) is 0 Å². The fourth-order valence-corrected chi connectivity index (χ4v) is 4.49. The summed E-state index contributed by atoms with van der Waals surface area (Å²) in [6, 6.07) is 7.15. The standard InChI is InChI=1S/C27H29FN8O4/c1-27(2,3)40-26(38)35-10-8-15(13-35)36-24-21(23(29)32-14-33-24)22(34-36)18-6-5-16(11-19(18)28)39-17-7-9-31-20(12-17)25(37)30-4/h5-7,9,11-12,14-15H,8,10,13H2,1-4H3,(H,30,37)(H2,29,32,33)/t15-/m1/s1. The molecule has 0 spiro atoms. The zero-order chi connectivity index (χ0) is 28.6. The Morgan fingerprint density at radius 2 is 1.90 bits per heavy atom. The summed E-state index contributed by atoms with van der Waals surface area (Å²) in [4.78, 5) is 38.6. The number of amides is 2. The van der Waals surface area contributed by atoms with Gasteiger partial charge < -0.3 is 25.4 Å². The zero-order valence-electron chi connectivity index (χ0n) is 22.5. The Hall–Kier alpha value is -4.81. The zero-order valence-corrected chi connectivity index (χ0v) is 22.5. The lowest BCUT2D eigenvalue weighted by Crippen LogP contribution is -2.35. The van der Waals surface area contributed by atoms with Crippen molar-refractivity contribution in [3.05, 3.63) is 54.4 Å². The van der Waals surface area contributed by atoms with E-state index in [0.717, 1.165) is 0 Å². The molecule has 0 unspecified atom stereocenters. The summed E-state index contributed by atoms with van der Waals surface area (Å²) < 4.78 is 28.5. The van der Waals surface area contributed by atoms with Crippen LogP contribution in [-0.2, 0) is 4.74 Å². The van der Waals surface area contributed by atoms with Crippen molar-refractivity contribution in [1.29, 1.82) is 0 Å². The summed E-state index contributed by atoms with van der Waals surface area (Å²) in [7, 11) is 1.50. The summed E-state index contributed by atoms with van der Waals surface area (Å²) in [6.07, 6.45) is 2.96. The topological polar surface area (TPSA) is 150 Å². The van der Waals surface area contributed by atoms with Crippen molar-refractivity contribution in [2.45, 2.75) is 38.8 Å². The van der Waals surface area contributed by atoms with Gasteiger partial charge in [0, 0.05) is 44.0 Å². The van der Waals surface area contributed by atoms with E-state index in [1.54, 1.807) is 21.7 Å². The monoisotopic (exact) mass is 548 g/mol. The van der Waals surface area contributed by atoms with Crippen molar-refractivity contribution in [3.8, 4) is 22.8 Å². The number of anilines is 1. The summed E-state index contributed by atoms with van der Waals surface area (Å²) in [6.45, 7) is 6.28. The SMILES string of the molecule is CNC(=O)c1cc(Oc2ccc(-c3nn([C@@H]4CCN(C(=O)OC(C)(C)C)C4)c4ncnc(N)c34)c(F)c2)ccn1. The fourth-order valence-electron chi connectivity index (χ4n) is 4.49. The number of nitrogen functional groups attached to an aromatic ring is 1. The molecule has 3 aromatic heterocycles. The average Bonchev–Trinajstić information content (AvgIpc) is 3.54. The van der Waals surface area contributed by atoms with Gasteiger partial charge in [-0.3, -0.25) is 9.78 Å². The van der Waals surface area contributed by atoms with Gasteiger partial charge in [-0.1, -0.05) is 0 Å². The van der Waals surface area contributed by atoms with Crippen LogP contribution in [0.5, 0.6) is 11.5 Å². The summed E-state index contributed by atoms with van der Waals surface area (Å²) >= 11 is 0. The predicted octanol–water partition coefficient (Wildman–Crippen LogP) is 3.94. The van der Waals surface area contributed by atoms with Crippen molar-refractivity contribution >= 4 is 28.9 Å². The number of nitrogens with one attached hydrogen (secondary N) is 1. The van der Waals surface area contributed by atoms with Gasteiger partial charge >= 0.3 is 6.09 Å². The Labute approximate surface area is 229 Å². The van der Waals surface area contributed by atoms with Crippen LogP contribution in [0.1, 0.15) is 43.7 Å². The highest BCUT2D eigenvalue weighted by molar-refractivity contribution is 5.98. The van der Waals surface area contributed by atoms with Gasteiger partial charge in [-0.25, -0.2) is 23.8 Å². The van der Waals surface area contributed by atoms with Gasteiger partial charge in [0.25, 0.3) is 5.91 Å². The second-order valence-corrected chi connectivity index (χ2v) is 10.3. The third kappa shape index (κ3) is 5.35. The maximum absolute atomic E-state index is 15.5. The van der Waals surface area contributed by atoms with Crippen LogP contribution in [0.25, 0.3) is 22.3 Å². The number of fused-ring (bicyclic) bond motifs is 1. The molecule has 12 nitrogen and oxygen atoms in total. The van der Waals surface area contributed by atoms with Crippen molar-refractivity contribution in [3.63, 3.8) is 0 Å². The third-order valence-corrected chi connectivity index (χ3v) is 6.30. The number of likely N-dealkylation sites (tertiary alicyclic amines) is 1. The highest BCUT2D eigenvalue weighted by Gasteiger charge is 2.33. The minimum atomic E-state index is -0.611. The Balaban J connectivity index is 1.44. The number of aromatic nitrogens is 5. The highest BCUT2D eigenvalue weighted by Crippen LogP contribution is 2.36. The first-order valence-corrected chi connectivity index (χ1v) is 12.7. The normalized spacial score (nSPS) is 15.3. The summed E-state index contributed by atoms with van der Waals surface area (Å²) in [5.74, 6) is -0.275. The number of nitrogens with two attached hydrogens (primary N) is 1. The number of hydrogen-bond acceptors (Lipinski definition) is 9. The molecule has 4 aromatic rings. The van der Waals surface area contributed by atoms with Crippen molar-refractivity contribution in [2.24, 2.45) is 0 Å². The van der Waals surface area contributed by atoms with Crippen molar-refractivity contribution in [1.82, 2.24) is 34.9 Å². The number of hydrogen-bond donors (Lipinski definition) is 2. The van der Waals surface area contributed by atoms with E-state index < -0.39 is 17.5 Å². The highest BCUT2D eigenvalue weighted by atomic mass is 19.1. The van der Waals surface area contributed by atoms with E-state index in [9.17, 15) is 9.59 Å². The number of benzene rings is 1. The molecule has 1 aromatic carbocycles. The number of ether oxygens (including phenoxy) is 2. The van der Waals surface area contributed by atoms with E-state index in [-0.39, 0.29) is 40.5 Å². The molecule has 0 bridgehead atoms. The van der Waals surface area contributed by atoms with Gasteiger partial charge in [-0.2, -0.15) is 5.10 Å². The van der Waals surface area contributed by atoms with Crippen LogP contribution in [0.15, 0.2) is 42.9 Å². The summed E-state index contributed by atoms with van der Waals surface area (Å²) in [5.41, 5.74) is 6.66. The Bertz CT molecular complexity index is 1600. The van der Waals surface area contributed by atoms with Gasteiger partial charge in [-0.15, -0.1) is 0 Å². The fraction of sp³-hybridized carbons (Fsp3) is 0.333. The lowest BCUT2D eigenvalue weighted by atomic mass is 10.1. The lowest BCUT2D eigenvalue weighted by Gasteiger charge is -2.24. The van der Waals surface area contributed by atoms with E-state index in [2.05, 4.69) is 20.3 Å². The van der Waals surface area contributed by atoms with Crippen LogP contribution in [0.2, 0.25) is 0 Å². The number of pyridine rings is 1. The molecule has 3 N–H and O–H groups in total. The maximum atomic E-state index is 15.5. The molecule has 1 atom stereocenters. The van der Waals surface area contributed by atoms with E-state index in [0.29, 0.717) is 36.3 Å². The molecule has 1 saturated heterocycles. The Morgan fingerprint density at radius 1 is 1.12 bits per heavy atom. The van der Waals surface area contributed by atoms with Gasteiger partial charge in [0.05, 0.1) is 11.4 Å². The number of halogens is 1. The largest absolute Gasteiger partial charge is 0.457 e. The molecular weight excluding hydrogens is 519 g/mol. The molecular formula is C27H29FN8O4. The average molecular weight is 549 g/mol. The van der Waals surface area contributed by atoms with Gasteiger partial charge in [-0.05, 0) is 45.4 Å². The van der Waals surface area contributed by atoms with E-state index in [1.165, 1.54) is 37.8 Å². The second kappa shape index (κ2) is 10.4. The minimum absolute atomic E-state index is 0.159. The van der Waals surface area contributed by atoms with Crippen LogP contribution < -0.4 is 15.8 Å². The molecule has 5 rings (SSSR count). The molecule has 1 aliphatic heterocycles. The van der Waals surface area contributed by atoms with Gasteiger partial charge in [0.15, 0.2) is 5.65 Å². The molecule has 40 heavy (non-hydrogen) atoms. The minimum Gasteiger partial charge on any atom is -0.457 e. The molecule has 13 heteroatoms. The third-order valence-electron chi connectivity index (χ3n) is 6.30. The molecule has 0 saturated carbocycles. The predicted molar refractivity (Wildman–Crippen MR) is 144 cm³/mol. The first kappa shape index (κ1) is 26.8. The number of carbonyl (C=O) groups excluding carboxylic acids is 2. The maximum Gasteiger partial charge on any atom is 0.410 e. The van der Waals surface area contributed by atoms with E-state index in [4.69, 9.17) is 20.3 Å². The number of carbonyl (C=O) groups is 2. The molecule has 4 heterocycles. The molecule has 2 amide bonds. The Kier molecular flexibility index (Phi) is 6.96. The Morgan fingerprint density at radius 3 is 2.62 bits per heavy atom. The first-order valence-electron chi connectivity index (χ1n) is 12.7. The first-order chi connectivity index (χ1) is 19.0. The van der Waals surface area contributed by atoms with Crippen molar-refractivity contribution < 1.29 is 23.5 Å². The van der Waals surface area contributed by atoms with Crippen LogP contribution in [0.4, 0.5) is 15.0 Å². The van der Waals surface area contributed by atoms with Crippen LogP contribution in [0, 0.1) is 5.82 Å². The number of nitrogens with zero attached hydrogens (tertiary/aromatic N) is 6. The lowest BCUT2D eigenvalue weighted by molar-refractivity contribution is 0.0288. The summed E-state index contributed by atoms with van der Waals surface area (Å²) in [5, 5.41) is 7.61. The van der Waals surface area contributed by atoms with Crippen LogP contribution >= 0.6 is 0 Å². The van der Waals surface area contributed by atoms with E-state index >= 15 is 4.39 Å². The second-order valence-electron chi connectivity index (χ2n) is 10.3. The van der Waals surface area contributed by atoms with Crippen LogP contribution in [0.3, 0.4) is 0 Å². The molecule has 208 valence electrons.